The van der Waals surface area contributed by atoms with E-state index in [-0.39, 0.29) is 11.5 Å². The third-order valence-electron chi connectivity index (χ3n) is 3.72. The lowest BCUT2D eigenvalue weighted by atomic mass is 10.1. The quantitative estimate of drug-likeness (QED) is 0.914. The number of hydrogen-bond donors (Lipinski definition) is 1. The van der Waals surface area contributed by atoms with Crippen LogP contribution in [0.2, 0.25) is 5.02 Å². The fourth-order valence-electron chi connectivity index (χ4n) is 2.42. The zero-order chi connectivity index (χ0) is 17.1. The summed E-state index contributed by atoms with van der Waals surface area (Å²) in [6.45, 7) is 1.40. The number of pyridine rings is 1. The monoisotopic (exact) mass is 348 g/mol. The first kappa shape index (κ1) is 16.4. The Bertz CT molecular complexity index is 832. The molecule has 1 aliphatic rings. The van der Waals surface area contributed by atoms with E-state index in [4.69, 9.17) is 21.1 Å². The van der Waals surface area contributed by atoms with Crippen LogP contribution in [0, 0.1) is 0 Å². The highest BCUT2D eigenvalue weighted by molar-refractivity contribution is 6.32. The smallest absolute Gasteiger partial charge is 0.251 e. The molecule has 24 heavy (non-hydrogen) atoms. The van der Waals surface area contributed by atoms with E-state index >= 15 is 0 Å². The zero-order valence-corrected chi connectivity index (χ0v) is 13.9. The van der Waals surface area contributed by atoms with Crippen molar-refractivity contribution in [1.29, 1.82) is 0 Å². The molecule has 0 bridgehead atoms. The molecule has 1 aromatic heterocycles. The summed E-state index contributed by atoms with van der Waals surface area (Å²) in [6.07, 6.45) is 2.16. The molecule has 0 fully saturated rings. The lowest BCUT2D eigenvalue weighted by molar-refractivity contribution is 0.0954. The zero-order valence-electron chi connectivity index (χ0n) is 13.2. The van der Waals surface area contributed by atoms with Crippen LogP contribution in [0.5, 0.6) is 11.5 Å². The maximum absolute atomic E-state index is 12.1. The fourth-order valence-corrected chi connectivity index (χ4v) is 2.71. The van der Waals surface area contributed by atoms with Gasteiger partial charge in [0.15, 0.2) is 11.5 Å². The Kier molecular flexibility index (Phi) is 4.76. The third kappa shape index (κ3) is 3.54. The van der Waals surface area contributed by atoms with E-state index in [0.29, 0.717) is 48.3 Å². The number of nitrogens with one attached hydrogen (secondary N) is 1. The number of ether oxygens (including phenoxy) is 2. The average molecular weight is 349 g/mol. The van der Waals surface area contributed by atoms with E-state index in [1.165, 1.54) is 10.6 Å². The number of carbonyl (C=O) groups is 1. The summed E-state index contributed by atoms with van der Waals surface area (Å²) in [4.78, 5) is 23.6. The maximum Gasteiger partial charge on any atom is 0.251 e. The van der Waals surface area contributed by atoms with Gasteiger partial charge in [-0.15, -0.1) is 0 Å². The molecule has 0 spiro atoms. The Morgan fingerprint density at radius 2 is 2.08 bits per heavy atom. The summed E-state index contributed by atoms with van der Waals surface area (Å²) in [6, 6.07) is 6.60. The van der Waals surface area contributed by atoms with E-state index < -0.39 is 0 Å². The van der Waals surface area contributed by atoms with Gasteiger partial charge in [-0.05, 0) is 30.2 Å². The molecule has 0 saturated heterocycles. The van der Waals surface area contributed by atoms with Gasteiger partial charge in [0.25, 0.3) is 11.5 Å². The van der Waals surface area contributed by atoms with Crippen LogP contribution in [-0.2, 0) is 13.5 Å². The third-order valence-corrected chi connectivity index (χ3v) is 4.00. The van der Waals surface area contributed by atoms with Gasteiger partial charge in [0.05, 0.1) is 5.02 Å². The molecule has 2 aromatic rings. The van der Waals surface area contributed by atoms with Crippen LogP contribution in [0.3, 0.4) is 0 Å². The largest absolute Gasteiger partial charge is 0.486 e. The number of benzene rings is 1. The van der Waals surface area contributed by atoms with Crippen LogP contribution in [0.1, 0.15) is 15.9 Å². The van der Waals surface area contributed by atoms with E-state index in [9.17, 15) is 9.59 Å². The predicted octanol–water partition coefficient (Wildman–Crippen LogP) is 1.78. The molecule has 0 aliphatic carbocycles. The average Bonchev–Trinajstić information content (AvgIpc) is 2.57. The van der Waals surface area contributed by atoms with Crippen molar-refractivity contribution in [3.8, 4) is 11.5 Å². The van der Waals surface area contributed by atoms with Gasteiger partial charge in [0.2, 0.25) is 0 Å². The highest BCUT2D eigenvalue weighted by atomic mass is 35.5. The Balaban J connectivity index is 1.62. The Labute approximate surface area is 144 Å². The first-order chi connectivity index (χ1) is 11.5. The van der Waals surface area contributed by atoms with E-state index in [1.807, 2.05) is 6.07 Å². The molecular formula is C17H17ClN2O4. The van der Waals surface area contributed by atoms with Gasteiger partial charge in [0, 0.05) is 31.4 Å². The molecule has 1 amide bonds. The van der Waals surface area contributed by atoms with E-state index in [2.05, 4.69) is 5.32 Å². The summed E-state index contributed by atoms with van der Waals surface area (Å²) in [5.41, 5.74) is 1.06. The number of nitrogens with zero attached hydrogens (tertiary/aromatic N) is 1. The normalized spacial score (nSPS) is 12.8. The van der Waals surface area contributed by atoms with Crippen molar-refractivity contribution >= 4 is 17.5 Å². The Hall–Kier alpha value is -2.47. The molecule has 0 radical (unpaired) electrons. The van der Waals surface area contributed by atoms with Crippen LogP contribution < -0.4 is 20.3 Å². The molecular weight excluding hydrogens is 332 g/mol. The van der Waals surface area contributed by atoms with Crippen molar-refractivity contribution < 1.29 is 14.3 Å². The number of aryl methyl sites for hydroxylation is 1. The minimum Gasteiger partial charge on any atom is -0.486 e. The molecule has 1 aliphatic heterocycles. The number of fused-ring (bicyclic) bond motifs is 1. The van der Waals surface area contributed by atoms with Gasteiger partial charge in [0.1, 0.15) is 13.2 Å². The summed E-state index contributed by atoms with van der Waals surface area (Å²) >= 11 is 6.19. The van der Waals surface area contributed by atoms with Crippen LogP contribution in [0.4, 0.5) is 0 Å². The molecule has 6 nitrogen and oxygen atoms in total. The molecule has 3 rings (SSSR count). The van der Waals surface area contributed by atoms with E-state index in [0.717, 1.165) is 5.56 Å². The lowest BCUT2D eigenvalue weighted by Crippen LogP contribution is -2.27. The summed E-state index contributed by atoms with van der Waals surface area (Å²) in [7, 11) is 1.63. The molecule has 1 aromatic carbocycles. The van der Waals surface area contributed by atoms with Gasteiger partial charge in [-0.25, -0.2) is 0 Å². The van der Waals surface area contributed by atoms with Crippen LogP contribution in [-0.4, -0.2) is 30.2 Å². The molecule has 0 atom stereocenters. The number of hydrogen-bond acceptors (Lipinski definition) is 4. The second kappa shape index (κ2) is 6.97. The first-order valence-electron chi connectivity index (χ1n) is 7.57. The van der Waals surface area contributed by atoms with Crippen molar-refractivity contribution in [3.05, 3.63) is 57.0 Å². The van der Waals surface area contributed by atoms with Gasteiger partial charge in [-0.3, -0.25) is 9.59 Å². The molecule has 7 heteroatoms. The summed E-state index contributed by atoms with van der Waals surface area (Å²) in [5, 5.41) is 3.29. The minimum atomic E-state index is -0.281. The standard InChI is InChI=1S/C17H17ClN2O4/c1-20-5-3-12(10-15(20)21)17(22)19-4-2-11-8-13(18)16-14(9-11)23-6-7-24-16/h3,5,8-10H,2,4,6-7H2,1H3,(H,19,22). The highest BCUT2D eigenvalue weighted by Crippen LogP contribution is 2.38. The molecule has 126 valence electrons. The van der Waals surface area contributed by atoms with Crippen molar-refractivity contribution in [2.75, 3.05) is 19.8 Å². The van der Waals surface area contributed by atoms with Crippen molar-refractivity contribution in [2.45, 2.75) is 6.42 Å². The van der Waals surface area contributed by atoms with Gasteiger partial charge in [-0.2, -0.15) is 0 Å². The van der Waals surface area contributed by atoms with Crippen molar-refractivity contribution in [2.24, 2.45) is 7.05 Å². The predicted molar refractivity (Wildman–Crippen MR) is 90.2 cm³/mol. The summed E-state index contributed by atoms with van der Waals surface area (Å²) < 4.78 is 12.4. The second-order valence-corrected chi connectivity index (χ2v) is 5.88. The van der Waals surface area contributed by atoms with Crippen LogP contribution in [0.15, 0.2) is 35.3 Å². The number of carbonyl (C=O) groups excluding carboxylic acids is 1. The van der Waals surface area contributed by atoms with E-state index in [1.54, 1.807) is 25.4 Å². The minimum absolute atomic E-state index is 0.221. The Morgan fingerprint density at radius 3 is 2.88 bits per heavy atom. The van der Waals surface area contributed by atoms with Crippen molar-refractivity contribution in [3.63, 3.8) is 0 Å². The summed E-state index contributed by atoms with van der Waals surface area (Å²) in [5.74, 6) is 0.911. The molecule has 0 saturated carbocycles. The van der Waals surface area contributed by atoms with Crippen LogP contribution in [0.25, 0.3) is 0 Å². The SMILES string of the molecule is Cn1ccc(C(=O)NCCc2cc(Cl)c3c(c2)OCCO3)cc1=O. The highest BCUT2D eigenvalue weighted by Gasteiger charge is 2.16. The second-order valence-electron chi connectivity index (χ2n) is 5.47. The first-order valence-corrected chi connectivity index (χ1v) is 7.95. The Morgan fingerprint density at radius 1 is 1.29 bits per heavy atom. The van der Waals surface area contributed by atoms with Crippen molar-refractivity contribution in [1.82, 2.24) is 9.88 Å². The van der Waals surface area contributed by atoms with Gasteiger partial charge < -0.3 is 19.4 Å². The molecule has 2 heterocycles. The topological polar surface area (TPSA) is 69.6 Å². The molecule has 1 N–H and O–H groups in total. The number of halogens is 1. The number of rotatable bonds is 4. The van der Waals surface area contributed by atoms with Gasteiger partial charge >= 0.3 is 0 Å². The number of aromatic nitrogens is 1. The van der Waals surface area contributed by atoms with Crippen LogP contribution >= 0.6 is 11.6 Å². The fraction of sp³-hybridized carbons (Fsp3) is 0.294. The number of amides is 1. The lowest BCUT2D eigenvalue weighted by Gasteiger charge is -2.20. The maximum atomic E-state index is 12.1. The molecule has 0 unspecified atom stereocenters. The van der Waals surface area contributed by atoms with Gasteiger partial charge in [-0.1, -0.05) is 11.6 Å².